The quantitative estimate of drug-likeness (QED) is 0.445. The summed E-state index contributed by atoms with van der Waals surface area (Å²) in [5.41, 5.74) is 0.149. The monoisotopic (exact) mass is 300 g/mol. The molecule has 0 aromatic heterocycles. The van der Waals surface area contributed by atoms with Crippen LogP contribution in [0.5, 0.6) is 11.5 Å². The summed E-state index contributed by atoms with van der Waals surface area (Å²) in [6.07, 6.45) is 0.972. The van der Waals surface area contributed by atoms with Gasteiger partial charge in [0.05, 0.1) is 0 Å². The Morgan fingerprint density at radius 2 is 1.65 bits per heavy atom. The Kier molecular flexibility index (Phi) is 6.66. The summed E-state index contributed by atoms with van der Waals surface area (Å²) in [5.74, 6) is -0.499. The number of benzene rings is 1. The lowest BCUT2D eigenvalue weighted by molar-refractivity contribution is -0.121. The fourth-order valence-corrected chi connectivity index (χ4v) is 1.66. The molecule has 0 saturated carbocycles. The van der Waals surface area contributed by atoms with Crippen LogP contribution in [0.15, 0.2) is 18.2 Å². The summed E-state index contributed by atoms with van der Waals surface area (Å²) >= 11 is 5.46. The zero-order valence-corrected chi connectivity index (χ0v) is 11.6. The number of phenolic OH excluding ortho intramolecular Hbond substituents is 2. The number of rotatable bonds is 7. The van der Waals surface area contributed by atoms with Crippen LogP contribution in [0.3, 0.4) is 0 Å². The molecular weight excluding hydrogens is 284 g/mol. The van der Waals surface area contributed by atoms with Gasteiger partial charge in [-0.15, -0.1) is 11.6 Å². The van der Waals surface area contributed by atoms with Gasteiger partial charge >= 0.3 is 0 Å². The first-order chi connectivity index (χ1) is 9.52. The first-order valence-corrected chi connectivity index (χ1v) is 6.70. The van der Waals surface area contributed by atoms with Gasteiger partial charge < -0.3 is 20.8 Å². The molecule has 0 saturated heterocycles. The van der Waals surface area contributed by atoms with Gasteiger partial charge in [0.25, 0.3) is 5.91 Å². The number of phenols is 2. The molecule has 4 N–H and O–H groups in total. The standard InChI is InChI=1S/C13H17ClN2O4/c14-3-1-2-12(19)15-4-5-16-13(20)9-6-10(17)8-11(18)7-9/h6-8,17-18H,1-5H2,(H,15,19)(H,16,20). The lowest BCUT2D eigenvalue weighted by atomic mass is 10.2. The number of carbonyl (C=O) groups excluding carboxylic acids is 2. The van der Waals surface area contributed by atoms with Crippen molar-refractivity contribution in [1.82, 2.24) is 10.6 Å². The van der Waals surface area contributed by atoms with E-state index in [-0.39, 0.29) is 29.5 Å². The normalized spacial score (nSPS) is 10.1. The van der Waals surface area contributed by atoms with E-state index in [4.69, 9.17) is 11.6 Å². The van der Waals surface area contributed by atoms with Crippen molar-refractivity contribution < 1.29 is 19.8 Å². The highest BCUT2D eigenvalue weighted by molar-refractivity contribution is 6.17. The number of alkyl halides is 1. The predicted octanol–water partition coefficient (Wildman–Crippen LogP) is 0.963. The third-order valence-electron chi connectivity index (χ3n) is 2.43. The first kappa shape index (κ1) is 16.1. The van der Waals surface area contributed by atoms with Gasteiger partial charge in [0.2, 0.25) is 5.91 Å². The van der Waals surface area contributed by atoms with E-state index in [9.17, 15) is 19.8 Å². The fourth-order valence-electron chi connectivity index (χ4n) is 1.52. The van der Waals surface area contributed by atoms with Crippen molar-refractivity contribution >= 4 is 23.4 Å². The highest BCUT2D eigenvalue weighted by atomic mass is 35.5. The molecule has 0 fully saturated rings. The van der Waals surface area contributed by atoms with Crippen LogP contribution in [0.2, 0.25) is 0 Å². The van der Waals surface area contributed by atoms with Gasteiger partial charge in [0.1, 0.15) is 11.5 Å². The van der Waals surface area contributed by atoms with Crippen LogP contribution >= 0.6 is 11.6 Å². The van der Waals surface area contributed by atoms with Crippen LogP contribution < -0.4 is 10.6 Å². The predicted molar refractivity (Wildman–Crippen MR) is 75.1 cm³/mol. The second-order valence-corrected chi connectivity index (χ2v) is 4.51. The molecule has 110 valence electrons. The van der Waals surface area contributed by atoms with Gasteiger partial charge in [-0.2, -0.15) is 0 Å². The summed E-state index contributed by atoms with van der Waals surface area (Å²) in [6.45, 7) is 0.555. The number of aromatic hydroxyl groups is 2. The fraction of sp³-hybridized carbons (Fsp3) is 0.385. The number of hydrogen-bond donors (Lipinski definition) is 4. The van der Waals surface area contributed by atoms with Crippen molar-refractivity contribution in [1.29, 1.82) is 0 Å². The van der Waals surface area contributed by atoms with E-state index < -0.39 is 5.91 Å². The Morgan fingerprint density at radius 3 is 2.25 bits per heavy atom. The zero-order chi connectivity index (χ0) is 15.0. The highest BCUT2D eigenvalue weighted by Gasteiger charge is 2.08. The zero-order valence-electron chi connectivity index (χ0n) is 10.9. The number of nitrogens with one attached hydrogen (secondary N) is 2. The van der Waals surface area contributed by atoms with E-state index in [1.165, 1.54) is 12.1 Å². The Labute approximate surface area is 121 Å². The van der Waals surface area contributed by atoms with Gasteiger partial charge in [-0.05, 0) is 18.6 Å². The molecule has 0 aliphatic rings. The van der Waals surface area contributed by atoms with Crippen molar-refractivity contribution in [2.24, 2.45) is 0 Å². The molecule has 0 aliphatic carbocycles. The molecule has 0 bridgehead atoms. The Hall–Kier alpha value is -1.95. The Bertz CT molecular complexity index is 459. The van der Waals surface area contributed by atoms with Crippen molar-refractivity contribution in [3.63, 3.8) is 0 Å². The number of hydrogen-bond acceptors (Lipinski definition) is 4. The minimum atomic E-state index is -0.439. The average Bonchev–Trinajstić information content (AvgIpc) is 2.40. The Morgan fingerprint density at radius 1 is 1.05 bits per heavy atom. The molecule has 1 aromatic rings. The molecule has 6 nitrogen and oxygen atoms in total. The number of amides is 2. The smallest absolute Gasteiger partial charge is 0.251 e. The summed E-state index contributed by atoms with van der Waals surface area (Å²) < 4.78 is 0. The summed E-state index contributed by atoms with van der Waals surface area (Å²) in [7, 11) is 0. The van der Waals surface area contributed by atoms with E-state index in [2.05, 4.69) is 10.6 Å². The number of carbonyl (C=O) groups is 2. The molecule has 0 atom stereocenters. The van der Waals surface area contributed by atoms with Gasteiger partial charge in [-0.1, -0.05) is 0 Å². The molecule has 0 radical (unpaired) electrons. The molecule has 20 heavy (non-hydrogen) atoms. The van der Waals surface area contributed by atoms with Crippen LogP contribution in [0.4, 0.5) is 0 Å². The van der Waals surface area contributed by atoms with Crippen molar-refractivity contribution in [2.45, 2.75) is 12.8 Å². The molecule has 7 heteroatoms. The summed E-state index contributed by atoms with van der Waals surface area (Å²) in [4.78, 5) is 23.0. The minimum absolute atomic E-state index is 0.116. The largest absolute Gasteiger partial charge is 0.508 e. The lowest BCUT2D eigenvalue weighted by Crippen LogP contribution is -2.34. The van der Waals surface area contributed by atoms with Crippen LogP contribution in [-0.2, 0) is 4.79 Å². The van der Waals surface area contributed by atoms with E-state index in [0.29, 0.717) is 25.3 Å². The van der Waals surface area contributed by atoms with Crippen LogP contribution in [0, 0.1) is 0 Å². The van der Waals surface area contributed by atoms with Crippen LogP contribution in [0.1, 0.15) is 23.2 Å². The number of halogens is 1. The molecular formula is C13H17ClN2O4. The third kappa shape index (κ3) is 5.79. The second kappa shape index (κ2) is 8.27. The molecule has 0 unspecified atom stereocenters. The molecule has 1 rings (SSSR count). The molecule has 2 amide bonds. The first-order valence-electron chi connectivity index (χ1n) is 6.17. The van der Waals surface area contributed by atoms with E-state index in [1.54, 1.807) is 0 Å². The topological polar surface area (TPSA) is 98.7 Å². The highest BCUT2D eigenvalue weighted by Crippen LogP contribution is 2.20. The maximum absolute atomic E-state index is 11.7. The van der Waals surface area contributed by atoms with Gasteiger partial charge in [-0.25, -0.2) is 0 Å². The summed E-state index contributed by atoms with van der Waals surface area (Å²) in [5, 5.41) is 23.7. The molecule has 1 aromatic carbocycles. The molecule has 0 heterocycles. The van der Waals surface area contributed by atoms with E-state index in [1.807, 2.05) is 0 Å². The minimum Gasteiger partial charge on any atom is -0.508 e. The SMILES string of the molecule is O=C(CCCCl)NCCNC(=O)c1cc(O)cc(O)c1. The van der Waals surface area contributed by atoms with Crippen LogP contribution in [-0.4, -0.2) is 41.0 Å². The van der Waals surface area contributed by atoms with Crippen molar-refractivity contribution in [3.05, 3.63) is 23.8 Å². The van der Waals surface area contributed by atoms with E-state index in [0.717, 1.165) is 6.07 Å². The van der Waals surface area contributed by atoms with E-state index >= 15 is 0 Å². The van der Waals surface area contributed by atoms with Crippen molar-refractivity contribution in [2.75, 3.05) is 19.0 Å². The van der Waals surface area contributed by atoms with Crippen LogP contribution in [0.25, 0.3) is 0 Å². The maximum Gasteiger partial charge on any atom is 0.251 e. The average molecular weight is 301 g/mol. The van der Waals surface area contributed by atoms with Gasteiger partial charge in [0, 0.05) is 37.0 Å². The summed E-state index contributed by atoms with van der Waals surface area (Å²) in [6, 6.07) is 3.62. The maximum atomic E-state index is 11.7. The molecule has 0 spiro atoms. The van der Waals surface area contributed by atoms with Crippen molar-refractivity contribution in [3.8, 4) is 11.5 Å². The van der Waals surface area contributed by atoms with Gasteiger partial charge in [-0.3, -0.25) is 9.59 Å². The Balaban J connectivity index is 2.31. The second-order valence-electron chi connectivity index (χ2n) is 4.14. The van der Waals surface area contributed by atoms with Gasteiger partial charge in [0.15, 0.2) is 0 Å². The third-order valence-corrected chi connectivity index (χ3v) is 2.70. The molecule has 0 aliphatic heterocycles. The lowest BCUT2D eigenvalue weighted by Gasteiger charge is -2.07.